The van der Waals surface area contributed by atoms with Crippen LogP contribution in [0.1, 0.15) is 5.56 Å². The summed E-state index contributed by atoms with van der Waals surface area (Å²) in [5, 5.41) is 1.06. The quantitative estimate of drug-likeness (QED) is 0.926. The Labute approximate surface area is 109 Å². The van der Waals surface area contributed by atoms with Crippen molar-refractivity contribution >= 4 is 28.9 Å². The zero-order chi connectivity index (χ0) is 12.3. The van der Waals surface area contributed by atoms with Crippen LogP contribution in [0.3, 0.4) is 0 Å². The van der Waals surface area contributed by atoms with E-state index in [1.165, 1.54) is 6.20 Å². The Hall–Kier alpha value is -1.45. The number of hydrogen-bond acceptors (Lipinski definition) is 3. The van der Waals surface area contributed by atoms with E-state index in [1.54, 1.807) is 12.1 Å². The molecule has 1 aromatic heterocycles. The Balaban J connectivity index is 2.07. The lowest BCUT2D eigenvalue weighted by Crippen LogP contribution is -1.98. The van der Waals surface area contributed by atoms with E-state index >= 15 is 0 Å². The summed E-state index contributed by atoms with van der Waals surface area (Å²) in [6, 6.07) is 9.00. The molecule has 0 aliphatic carbocycles. The third-order valence-corrected chi connectivity index (χ3v) is 2.60. The smallest absolute Gasteiger partial charge is 0.233 e. The molecular formula is C12H10Cl2N2O. The van der Waals surface area contributed by atoms with E-state index in [0.717, 1.165) is 5.56 Å². The van der Waals surface area contributed by atoms with Gasteiger partial charge in [-0.2, -0.15) is 0 Å². The number of halogens is 2. The number of pyridine rings is 1. The van der Waals surface area contributed by atoms with Crippen molar-refractivity contribution in [1.82, 2.24) is 4.98 Å². The van der Waals surface area contributed by atoms with Crippen molar-refractivity contribution in [2.75, 3.05) is 5.73 Å². The van der Waals surface area contributed by atoms with Crippen LogP contribution in [-0.2, 0) is 6.61 Å². The standard InChI is InChI=1S/C12H10Cl2N2O/c13-9-3-1-2-8(4-9)7-17-12-11(14)5-10(15)6-16-12/h1-6H,7,15H2. The average Bonchev–Trinajstić information content (AvgIpc) is 2.28. The molecule has 88 valence electrons. The second-order valence-corrected chi connectivity index (χ2v) is 4.32. The number of benzene rings is 1. The van der Waals surface area contributed by atoms with Gasteiger partial charge in [-0.15, -0.1) is 0 Å². The highest BCUT2D eigenvalue weighted by Gasteiger charge is 2.04. The first-order chi connectivity index (χ1) is 8.15. The minimum atomic E-state index is 0.358. The Morgan fingerprint density at radius 2 is 2.06 bits per heavy atom. The van der Waals surface area contributed by atoms with E-state index in [9.17, 15) is 0 Å². The summed E-state index contributed by atoms with van der Waals surface area (Å²) in [7, 11) is 0. The van der Waals surface area contributed by atoms with Gasteiger partial charge in [0, 0.05) is 5.02 Å². The highest BCUT2D eigenvalue weighted by Crippen LogP contribution is 2.24. The van der Waals surface area contributed by atoms with Crippen molar-refractivity contribution in [3.63, 3.8) is 0 Å². The summed E-state index contributed by atoms with van der Waals surface area (Å²) in [6.07, 6.45) is 1.50. The summed E-state index contributed by atoms with van der Waals surface area (Å²) < 4.78 is 5.48. The van der Waals surface area contributed by atoms with Crippen molar-refractivity contribution in [2.45, 2.75) is 6.61 Å². The summed E-state index contributed by atoms with van der Waals surface area (Å²) in [5.74, 6) is 0.362. The zero-order valence-electron chi connectivity index (χ0n) is 8.86. The third kappa shape index (κ3) is 3.25. The minimum Gasteiger partial charge on any atom is -0.472 e. The molecule has 2 N–H and O–H groups in total. The van der Waals surface area contributed by atoms with Gasteiger partial charge in [0.15, 0.2) is 0 Å². The number of nitrogens with two attached hydrogens (primary N) is 1. The maximum Gasteiger partial charge on any atom is 0.233 e. The topological polar surface area (TPSA) is 48.1 Å². The van der Waals surface area contributed by atoms with Crippen LogP contribution < -0.4 is 10.5 Å². The highest BCUT2D eigenvalue weighted by molar-refractivity contribution is 6.32. The van der Waals surface area contributed by atoms with Gasteiger partial charge in [0.25, 0.3) is 0 Å². The molecule has 0 aliphatic heterocycles. The van der Waals surface area contributed by atoms with Gasteiger partial charge in [0.05, 0.1) is 11.9 Å². The van der Waals surface area contributed by atoms with Gasteiger partial charge < -0.3 is 10.5 Å². The lowest BCUT2D eigenvalue weighted by Gasteiger charge is -2.07. The lowest BCUT2D eigenvalue weighted by molar-refractivity contribution is 0.294. The monoisotopic (exact) mass is 268 g/mol. The van der Waals surface area contributed by atoms with Crippen LogP contribution in [0.15, 0.2) is 36.5 Å². The Kier molecular flexibility index (Phi) is 3.71. The average molecular weight is 269 g/mol. The van der Waals surface area contributed by atoms with Gasteiger partial charge in [0.1, 0.15) is 11.6 Å². The second-order valence-electron chi connectivity index (χ2n) is 3.47. The summed E-state index contributed by atoms with van der Waals surface area (Å²) in [5.41, 5.74) is 6.99. The van der Waals surface area contributed by atoms with E-state index in [1.807, 2.05) is 18.2 Å². The van der Waals surface area contributed by atoms with E-state index in [-0.39, 0.29) is 0 Å². The van der Waals surface area contributed by atoms with E-state index in [4.69, 9.17) is 33.7 Å². The molecule has 1 aromatic carbocycles. The van der Waals surface area contributed by atoms with Crippen molar-refractivity contribution in [1.29, 1.82) is 0 Å². The number of nitrogen functional groups attached to an aromatic ring is 1. The number of ether oxygens (including phenoxy) is 1. The third-order valence-electron chi connectivity index (χ3n) is 2.09. The molecule has 0 amide bonds. The summed E-state index contributed by atoms with van der Waals surface area (Å²) >= 11 is 11.8. The molecule has 3 nitrogen and oxygen atoms in total. The Morgan fingerprint density at radius 3 is 2.76 bits per heavy atom. The Morgan fingerprint density at radius 1 is 1.24 bits per heavy atom. The van der Waals surface area contributed by atoms with Crippen LogP contribution in [0.4, 0.5) is 5.69 Å². The molecule has 0 aliphatic rings. The van der Waals surface area contributed by atoms with Crippen molar-refractivity contribution in [3.05, 3.63) is 52.1 Å². The number of nitrogens with zero attached hydrogens (tertiary/aromatic N) is 1. The number of hydrogen-bond donors (Lipinski definition) is 1. The molecule has 0 saturated heterocycles. The number of anilines is 1. The largest absolute Gasteiger partial charge is 0.472 e. The van der Waals surface area contributed by atoms with Crippen LogP contribution in [0.25, 0.3) is 0 Å². The normalized spacial score (nSPS) is 10.2. The van der Waals surface area contributed by atoms with Crippen molar-refractivity contribution < 1.29 is 4.74 Å². The van der Waals surface area contributed by atoms with E-state index < -0.39 is 0 Å². The second kappa shape index (κ2) is 5.25. The molecule has 0 unspecified atom stereocenters. The van der Waals surface area contributed by atoms with Crippen LogP contribution in [0, 0.1) is 0 Å². The van der Waals surface area contributed by atoms with Crippen LogP contribution in [0.5, 0.6) is 5.88 Å². The molecule has 0 spiro atoms. The molecule has 1 heterocycles. The molecule has 2 aromatic rings. The molecular weight excluding hydrogens is 259 g/mol. The first-order valence-corrected chi connectivity index (χ1v) is 5.69. The zero-order valence-corrected chi connectivity index (χ0v) is 10.4. The molecule has 0 atom stereocenters. The maximum absolute atomic E-state index is 5.93. The molecule has 5 heteroatoms. The van der Waals surface area contributed by atoms with Gasteiger partial charge >= 0.3 is 0 Å². The van der Waals surface area contributed by atoms with Gasteiger partial charge in [-0.25, -0.2) is 4.98 Å². The Bertz CT molecular complexity index is 532. The van der Waals surface area contributed by atoms with E-state index in [2.05, 4.69) is 4.98 Å². The van der Waals surface area contributed by atoms with Gasteiger partial charge in [0.2, 0.25) is 5.88 Å². The molecule has 0 bridgehead atoms. The van der Waals surface area contributed by atoms with Crippen LogP contribution in [-0.4, -0.2) is 4.98 Å². The fourth-order valence-corrected chi connectivity index (χ4v) is 1.77. The lowest BCUT2D eigenvalue weighted by atomic mass is 10.2. The highest BCUT2D eigenvalue weighted by atomic mass is 35.5. The molecule has 0 fully saturated rings. The predicted molar refractivity (Wildman–Crippen MR) is 69.4 cm³/mol. The maximum atomic E-state index is 5.93. The van der Waals surface area contributed by atoms with Crippen LogP contribution in [0.2, 0.25) is 10.0 Å². The molecule has 2 rings (SSSR count). The van der Waals surface area contributed by atoms with Crippen molar-refractivity contribution in [2.24, 2.45) is 0 Å². The first kappa shape index (κ1) is 12.0. The molecule has 17 heavy (non-hydrogen) atoms. The number of aromatic nitrogens is 1. The van der Waals surface area contributed by atoms with Gasteiger partial charge in [-0.1, -0.05) is 35.3 Å². The van der Waals surface area contributed by atoms with Gasteiger partial charge in [-0.3, -0.25) is 0 Å². The fourth-order valence-electron chi connectivity index (χ4n) is 1.32. The van der Waals surface area contributed by atoms with Crippen molar-refractivity contribution in [3.8, 4) is 5.88 Å². The molecule has 0 radical (unpaired) electrons. The fraction of sp³-hybridized carbons (Fsp3) is 0.0833. The SMILES string of the molecule is Nc1cnc(OCc2cccc(Cl)c2)c(Cl)c1. The predicted octanol–water partition coefficient (Wildman–Crippen LogP) is 3.55. The first-order valence-electron chi connectivity index (χ1n) is 4.93. The van der Waals surface area contributed by atoms with E-state index in [0.29, 0.717) is 28.2 Å². The van der Waals surface area contributed by atoms with Crippen LogP contribution >= 0.6 is 23.2 Å². The summed E-state index contributed by atoms with van der Waals surface area (Å²) in [6.45, 7) is 0.358. The van der Waals surface area contributed by atoms with Gasteiger partial charge in [-0.05, 0) is 23.8 Å². The molecule has 0 saturated carbocycles. The summed E-state index contributed by atoms with van der Waals surface area (Å²) in [4.78, 5) is 4.00. The minimum absolute atomic E-state index is 0.358. The number of rotatable bonds is 3.